The van der Waals surface area contributed by atoms with E-state index in [2.05, 4.69) is 5.32 Å². The Morgan fingerprint density at radius 1 is 0.786 bits per heavy atom. The molecule has 4 aromatic rings. The smallest absolute Gasteiger partial charge is 0.264 e. The number of aryl methyl sites for hydroxylation is 1. The van der Waals surface area contributed by atoms with Gasteiger partial charge < -0.3 is 10.2 Å². The second-order valence-electron chi connectivity index (χ2n) is 9.81. The first-order chi connectivity index (χ1) is 20.2. The van der Waals surface area contributed by atoms with E-state index in [-0.39, 0.29) is 17.9 Å². The Hall–Kier alpha value is -4.50. The topological polar surface area (TPSA) is 86.8 Å². The lowest BCUT2D eigenvalue weighted by Crippen LogP contribution is -2.53. The van der Waals surface area contributed by atoms with E-state index in [1.807, 2.05) is 49.4 Å². The number of sulfonamides is 1. The average molecular weight is 588 g/mol. The number of likely N-dealkylation sites (N-methyl/N-ethyl adjacent to an activating group) is 1. The summed E-state index contributed by atoms with van der Waals surface area (Å²) in [7, 11) is -2.67. The first-order valence-electron chi connectivity index (χ1n) is 13.7. The van der Waals surface area contributed by atoms with E-state index in [4.69, 9.17) is 0 Å². The molecule has 0 saturated heterocycles. The summed E-state index contributed by atoms with van der Waals surface area (Å²) < 4.78 is 42.6. The summed E-state index contributed by atoms with van der Waals surface area (Å²) in [6.07, 6.45) is 0.966. The van der Waals surface area contributed by atoms with Crippen LogP contribution < -0.4 is 9.62 Å². The minimum absolute atomic E-state index is 0.0297. The molecule has 0 bridgehead atoms. The molecule has 1 atom stereocenters. The molecule has 1 N–H and O–H groups in total. The molecule has 0 aromatic heterocycles. The lowest BCUT2D eigenvalue weighted by Gasteiger charge is -2.33. The van der Waals surface area contributed by atoms with Gasteiger partial charge in [0.15, 0.2) is 0 Å². The van der Waals surface area contributed by atoms with Crippen molar-refractivity contribution in [1.82, 2.24) is 10.2 Å². The number of rotatable bonds is 12. The van der Waals surface area contributed by atoms with Crippen LogP contribution in [0.3, 0.4) is 0 Å². The van der Waals surface area contributed by atoms with Gasteiger partial charge in [-0.2, -0.15) is 0 Å². The highest BCUT2D eigenvalue weighted by molar-refractivity contribution is 7.92. The van der Waals surface area contributed by atoms with Gasteiger partial charge in [0.25, 0.3) is 10.0 Å². The number of nitrogens with zero attached hydrogens (tertiary/aromatic N) is 2. The number of anilines is 1. The highest BCUT2D eigenvalue weighted by Gasteiger charge is 2.34. The predicted molar refractivity (Wildman–Crippen MR) is 162 cm³/mol. The Morgan fingerprint density at radius 3 is 1.93 bits per heavy atom. The van der Waals surface area contributed by atoms with E-state index in [1.54, 1.807) is 42.5 Å². The monoisotopic (exact) mass is 587 g/mol. The van der Waals surface area contributed by atoms with Gasteiger partial charge in [-0.25, -0.2) is 12.8 Å². The molecule has 2 amide bonds. The van der Waals surface area contributed by atoms with Crippen molar-refractivity contribution in [2.45, 2.75) is 37.2 Å². The molecular weight excluding hydrogens is 553 g/mol. The highest BCUT2D eigenvalue weighted by atomic mass is 32.2. The van der Waals surface area contributed by atoms with Crippen LogP contribution in [0.1, 0.15) is 23.6 Å². The third-order valence-corrected chi connectivity index (χ3v) is 8.81. The molecule has 0 aliphatic rings. The van der Waals surface area contributed by atoms with Crippen molar-refractivity contribution in [1.29, 1.82) is 0 Å². The number of halogens is 1. The first kappa shape index (κ1) is 30.5. The molecule has 0 saturated carbocycles. The molecule has 0 aliphatic heterocycles. The van der Waals surface area contributed by atoms with E-state index >= 15 is 0 Å². The summed E-state index contributed by atoms with van der Waals surface area (Å²) in [5.41, 5.74) is 2.76. The summed E-state index contributed by atoms with van der Waals surface area (Å²) in [6.45, 7) is 1.42. The lowest BCUT2D eigenvalue weighted by molar-refractivity contribution is -0.139. The maximum Gasteiger partial charge on any atom is 0.264 e. The summed E-state index contributed by atoms with van der Waals surface area (Å²) >= 11 is 0. The first-order valence-corrected chi connectivity index (χ1v) is 15.1. The Morgan fingerprint density at radius 2 is 1.36 bits per heavy atom. The zero-order valence-corrected chi connectivity index (χ0v) is 24.4. The van der Waals surface area contributed by atoms with Crippen LogP contribution >= 0.6 is 0 Å². The molecule has 9 heteroatoms. The number of hydrogen-bond donors (Lipinski definition) is 1. The van der Waals surface area contributed by atoms with Gasteiger partial charge in [-0.05, 0) is 59.5 Å². The summed E-state index contributed by atoms with van der Waals surface area (Å²) in [6, 6.07) is 28.9. The van der Waals surface area contributed by atoms with Crippen LogP contribution in [0.5, 0.6) is 0 Å². The minimum Gasteiger partial charge on any atom is -0.357 e. The van der Waals surface area contributed by atoms with E-state index < -0.39 is 40.2 Å². The van der Waals surface area contributed by atoms with Crippen molar-refractivity contribution in [2.24, 2.45) is 0 Å². The van der Waals surface area contributed by atoms with E-state index in [0.29, 0.717) is 11.3 Å². The van der Waals surface area contributed by atoms with Gasteiger partial charge in [0.2, 0.25) is 11.8 Å². The zero-order valence-electron chi connectivity index (χ0n) is 23.6. The van der Waals surface area contributed by atoms with E-state index in [1.165, 1.54) is 36.2 Å². The Kier molecular flexibility index (Phi) is 10.1. The van der Waals surface area contributed by atoms with Crippen LogP contribution in [0.4, 0.5) is 10.1 Å². The van der Waals surface area contributed by atoms with Crippen LogP contribution in [0.15, 0.2) is 114 Å². The summed E-state index contributed by atoms with van der Waals surface area (Å²) in [5.74, 6) is -1.42. The van der Waals surface area contributed by atoms with Crippen LogP contribution in [-0.4, -0.2) is 44.8 Å². The second-order valence-corrected chi connectivity index (χ2v) is 11.7. The molecular formula is C33H34FN3O4S. The zero-order chi connectivity index (χ0) is 30.1. The van der Waals surface area contributed by atoms with Gasteiger partial charge >= 0.3 is 0 Å². The second kappa shape index (κ2) is 13.9. The summed E-state index contributed by atoms with van der Waals surface area (Å²) in [5, 5.41) is 2.64. The number of nitrogens with one attached hydrogen (secondary N) is 1. The number of benzene rings is 4. The SMILES string of the molecule is CCc1ccc(N(CC(=O)N(Cc2ccc(F)cc2)[C@H](Cc2ccccc2)C(=O)NC)S(=O)(=O)c2ccccc2)cc1. The maximum atomic E-state index is 14.2. The van der Waals surface area contributed by atoms with Gasteiger partial charge in [-0.1, -0.05) is 79.7 Å². The van der Waals surface area contributed by atoms with Gasteiger partial charge in [0.1, 0.15) is 18.4 Å². The minimum atomic E-state index is -4.16. The average Bonchev–Trinajstić information content (AvgIpc) is 3.03. The van der Waals surface area contributed by atoms with Crippen LogP contribution in [-0.2, 0) is 39.0 Å². The van der Waals surface area contributed by atoms with Crippen molar-refractivity contribution in [3.8, 4) is 0 Å². The molecule has 0 unspecified atom stereocenters. The van der Waals surface area contributed by atoms with Crippen molar-refractivity contribution in [2.75, 3.05) is 17.9 Å². The summed E-state index contributed by atoms with van der Waals surface area (Å²) in [4.78, 5) is 28.9. The molecule has 0 spiro atoms. The fourth-order valence-electron chi connectivity index (χ4n) is 4.65. The maximum absolute atomic E-state index is 14.2. The molecule has 218 valence electrons. The number of carbonyl (C=O) groups excluding carboxylic acids is 2. The van der Waals surface area contributed by atoms with Crippen molar-refractivity contribution < 1.29 is 22.4 Å². The molecule has 0 fully saturated rings. The molecule has 0 heterocycles. The Labute approximate surface area is 246 Å². The standard InChI is InChI=1S/C33H34FN3O4S/c1-3-25-16-20-29(21-17-25)37(42(40,41)30-12-8-5-9-13-30)24-32(38)36(23-27-14-18-28(34)19-15-27)31(33(39)35-2)22-26-10-6-4-7-11-26/h4-21,31H,3,22-24H2,1-2H3,(H,35,39)/t31-/m1/s1. The molecule has 0 radical (unpaired) electrons. The largest absolute Gasteiger partial charge is 0.357 e. The van der Waals surface area contributed by atoms with E-state index in [0.717, 1.165) is 21.9 Å². The van der Waals surface area contributed by atoms with Crippen LogP contribution in [0.25, 0.3) is 0 Å². The predicted octanol–water partition coefficient (Wildman–Crippen LogP) is 4.97. The van der Waals surface area contributed by atoms with Gasteiger partial charge in [0.05, 0.1) is 10.6 Å². The van der Waals surface area contributed by atoms with Crippen molar-refractivity contribution >= 4 is 27.5 Å². The molecule has 0 aliphatic carbocycles. The van der Waals surface area contributed by atoms with Crippen LogP contribution in [0, 0.1) is 5.82 Å². The molecule has 4 aromatic carbocycles. The lowest BCUT2D eigenvalue weighted by atomic mass is 10.0. The quantitative estimate of drug-likeness (QED) is 0.254. The van der Waals surface area contributed by atoms with Crippen molar-refractivity contribution in [3.05, 3.63) is 132 Å². The number of amides is 2. The van der Waals surface area contributed by atoms with Crippen molar-refractivity contribution in [3.63, 3.8) is 0 Å². The molecule has 42 heavy (non-hydrogen) atoms. The fourth-order valence-corrected chi connectivity index (χ4v) is 6.09. The van der Waals surface area contributed by atoms with Gasteiger partial charge in [-0.3, -0.25) is 13.9 Å². The number of hydrogen-bond acceptors (Lipinski definition) is 4. The highest BCUT2D eigenvalue weighted by Crippen LogP contribution is 2.25. The normalized spacial score (nSPS) is 11.9. The van der Waals surface area contributed by atoms with E-state index in [9.17, 15) is 22.4 Å². The number of carbonyl (C=O) groups is 2. The third-order valence-electron chi connectivity index (χ3n) is 7.03. The Bertz CT molecular complexity index is 1580. The fraction of sp³-hybridized carbons (Fsp3) is 0.212. The van der Waals surface area contributed by atoms with Crippen LogP contribution in [0.2, 0.25) is 0 Å². The van der Waals surface area contributed by atoms with Gasteiger partial charge in [-0.15, -0.1) is 0 Å². The molecule has 7 nitrogen and oxygen atoms in total. The molecule has 4 rings (SSSR count). The van der Waals surface area contributed by atoms with Gasteiger partial charge in [0, 0.05) is 20.0 Å². The third kappa shape index (κ3) is 7.41. The Balaban J connectivity index is 1.77.